The van der Waals surface area contributed by atoms with Crippen LogP contribution in [0.15, 0.2) is 0 Å². The quantitative estimate of drug-likeness (QED) is 0.473. The Hall–Kier alpha value is -0.220. The highest BCUT2D eigenvalue weighted by Gasteiger charge is 2.16. The van der Waals surface area contributed by atoms with Gasteiger partial charge in [0.2, 0.25) is 5.91 Å². The van der Waals surface area contributed by atoms with Crippen LogP contribution in [0.1, 0.15) is 13.3 Å². The van der Waals surface area contributed by atoms with Gasteiger partial charge in [-0.15, -0.1) is 0 Å². The second-order valence-electron chi connectivity index (χ2n) is 1.90. The molecule has 0 aliphatic heterocycles. The maximum atomic E-state index is 10.3. The number of nitrogens with two attached hydrogens (primary N) is 2. The van der Waals surface area contributed by atoms with Crippen LogP contribution >= 0.6 is 12.6 Å². The van der Waals surface area contributed by atoms with Gasteiger partial charge in [-0.25, -0.2) is 0 Å². The predicted octanol–water partition coefficient (Wildman–Crippen LogP) is -0.493. The summed E-state index contributed by atoms with van der Waals surface area (Å²) in [6.45, 7) is 1.90. The van der Waals surface area contributed by atoms with E-state index in [4.69, 9.17) is 11.5 Å². The monoisotopic (exact) mass is 148 g/mol. The fourth-order valence-electron chi connectivity index (χ4n) is 0.444. The fraction of sp³-hybridized carbons (Fsp3) is 0.800. The maximum absolute atomic E-state index is 10.3. The van der Waals surface area contributed by atoms with Gasteiger partial charge >= 0.3 is 0 Å². The Kier molecular flexibility index (Phi) is 3.65. The third-order valence-corrected chi connectivity index (χ3v) is 1.85. The van der Waals surface area contributed by atoms with Gasteiger partial charge in [-0.2, -0.15) is 12.6 Å². The van der Waals surface area contributed by atoms with Crippen molar-refractivity contribution in [3.05, 3.63) is 0 Å². The minimum atomic E-state index is -0.613. The minimum Gasteiger partial charge on any atom is -0.368 e. The van der Waals surface area contributed by atoms with E-state index in [1.807, 2.05) is 6.92 Å². The number of primary amides is 1. The van der Waals surface area contributed by atoms with Crippen molar-refractivity contribution in [1.82, 2.24) is 0 Å². The molecule has 54 valence electrons. The molecule has 0 heterocycles. The van der Waals surface area contributed by atoms with E-state index in [2.05, 4.69) is 12.6 Å². The highest BCUT2D eigenvalue weighted by atomic mass is 32.1. The van der Waals surface area contributed by atoms with Crippen molar-refractivity contribution in [2.45, 2.75) is 24.6 Å². The van der Waals surface area contributed by atoms with Gasteiger partial charge in [0, 0.05) is 5.25 Å². The molecule has 0 aliphatic rings. The molecule has 4 heteroatoms. The Morgan fingerprint density at radius 1 is 1.78 bits per heavy atom. The molecule has 0 aromatic rings. The number of carbonyl (C=O) groups excluding carboxylic acids is 1. The summed E-state index contributed by atoms with van der Waals surface area (Å²) in [6, 6.07) is -0.613. The first-order chi connectivity index (χ1) is 4.09. The lowest BCUT2D eigenvalue weighted by atomic mass is 10.2. The van der Waals surface area contributed by atoms with Crippen molar-refractivity contribution < 1.29 is 4.79 Å². The maximum Gasteiger partial charge on any atom is 0.235 e. The first-order valence-corrected chi connectivity index (χ1v) is 3.34. The molecule has 0 fully saturated rings. The third kappa shape index (κ3) is 2.72. The zero-order valence-corrected chi connectivity index (χ0v) is 6.27. The van der Waals surface area contributed by atoms with Crippen LogP contribution in [0.5, 0.6) is 0 Å². The smallest absolute Gasteiger partial charge is 0.235 e. The minimum absolute atomic E-state index is 0.109. The summed E-state index contributed by atoms with van der Waals surface area (Å²) in [5.74, 6) is -0.489. The normalized spacial score (nSPS) is 16.8. The summed E-state index contributed by atoms with van der Waals surface area (Å²) in [6.07, 6.45) is 0.757. The van der Waals surface area contributed by atoms with Crippen LogP contribution in [-0.2, 0) is 4.79 Å². The van der Waals surface area contributed by atoms with Crippen molar-refractivity contribution >= 4 is 18.5 Å². The van der Waals surface area contributed by atoms with Crippen LogP contribution in [0.2, 0.25) is 0 Å². The van der Waals surface area contributed by atoms with Gasteiger partial charge in [0.05, 0.1) is 6.04 Å². The summed E-state index contributed by atoms with van der Waals surface area (Å²) >= 11 is 4.04. The summed E-state index contributed by atoms with van der Waals surface area (Å²) in [5.41, 5.74) is 10.2. The standard InChI is InChI=1S/C5H12N2OS/c1-2-3(9)4(6)5(7)8/h3-4,9H,2,6H2,1H3,(H2,7,8)/t3?,4-/m0/s1. The molecule has 0 radical (unpaired) electrons. The molecule has 0 saturated heterocycles. The molecule has 0 rings (SSSR count). The van der Waals surface area contributed by atoms with Crippen LogP contribution in [0.3, 0.4) is 0 Å². The fourth-order valence-corrected chi connectivity index (χ4v) is 0.590. The summed E-state index contributed by atoms with van der Waals surface area (Å²) in [5, 5.41) is -0.109. The van der Waals surface area contributed by atoms with E-state index in [1.54, 1.807) is 0 Å². The second-order valence-corrected chi connectivity index (χ2v) is 2.57. The topological polar surface area (TPSA) is 69.1 Å². The Morgan fingerprint density at radius 2 is 2.22 bits per heavy atom. The van der Waals surface area contributed by atoms with E-state index in [0.29, 0.717) is 0 Å². The Bertz CT molecular complexity index is 107. The van der Waals surface area contributed by atoms with Crippen molar-refractivity contribution in [3.8, 4) is 0 Å². The van der Waals surface area contributed by atoms with Gasteiger partial charge < -0.3 is 11.5 Å². The van der Waals surface area contributed by atoms with Crippen molar-refractivity contribution in [2.24, 2.45) is 11.5 Å². The molecule has 4 N–H and O–H groups in total. The van der Waals surface area contributed by atoms with E-state index in [1.165, 1.54) is 0 Å². The number of hydrogen-bond acceptors (Lipinski definition) is 3. The molecule has 1 amide bonds. The largest absolute Gasteiger partial charge is 0.368 e. The Balaban J connectivity index is 3.72. The number of rotatable bonds is 3. The van der Waals surface area contributed by atoms with Crippen LogP contribution in [0.4, 0.5) is 0 Å². The highest BCUT2D eigenvalue weighted by Crippen LogP contribution is 2.03. The average molecular weight is 148 g/mol. The van der Waals surface area contributed by atoms with Gasteiger partial charge in [0.25, 0.3) is 0 Å². The second kappa shape index (κ2) is 3.74. The molecular formula is C5H12N2OS. The number of hydrogen-bond donors (Lipinski definition) is 3. The number of thiol groups is 1. The van der Waals surface area contributed by atoms with E-state index in [0.717, 1.165) is 6.42 Å². The SMILES string of the molecule is CCC(S)[C@H](N)C(N)=O. The van der Waals surface area contributed by atoms with Gasteiger partial charge in [-0.05, 0) is 6.42 Å². The van der Waals surface area contributed by atoms with Gasteiger partial charge in [-0.3, -0.25) is 4.79 Å². The molecular weight excluding hydrogens is 136 g/mol. The van der Waals surface area contributed by atoms with Crippen LogP contribution in [0.25, 0.3) is 0 Å². The van der Waals surface area contributed by atoms with Gasteiger partial charge in [0.1, 0.15) is 0 Å². The van der Waals surface area contributed by atoms with Crippen molar-refractivity contribution in [2.75, 3.05) is 0 Å². The zero-order valence-electron chi connectivity index (χ0n) is 5.37. The highest BCUT2D eigenvalue weighted by molar-refractivity contribution is 7.81. The van der Waals surface area contributed by atoms with Gasteiger partial charge in [0.15, 0.2) is 0 Å². The molecule has 3 nitrogen and oxygen atoms in total. The molecule has 9 heavy (non-hydrogen) atoms. The number of carbonyl (C=O) groups is 1. The molecule has 1 unspecified atom stereocenters. The molecule has 0 aromatic carbocycles. The zero-order chi connectivity index (χ0) is 7.44. The van der Waals surface area contributed by atoms with Crippen LogP contribution < -0.4 is 11.5 Å². The van der Waals surface area contributed by atoms with Crippen LogP contribution in [0, 0.1) is 0 Å². The van der Waals surface area contributed by atoms with E-state index >= 15 is 0 Å². The molecule has 0 saturated carbocycles. The lowest BCUT2D eigenvalue weighted by Gasteiger charge is -2.12. The summed E-state index contributed by atoms with van der Waals surface area (Å²) in [4.78, 5) is 10.3. The Labute approximate surface area is 60.2 Å². The average Bonchev–Trinajstić information content (AvgIpc) is 1.84. The molecule has 2 atom stereocenters. The van der Waals surface area contributed by atoms with E-state index in [9.17, 15) is 4.79 Å². The summed E-state index contributed by atoms with van der Waals surface area (Å²) in [7, 11) is 0. The Morgan fingerprint density at radius 3 is 2.33 bits per heavy atom. The summed E-state index contributed by atoms with van der Waals surface area (Å²) < 4.78 is 0. The predicted molar refractivity (Wildman–Crippen MR) is 40.2 cm³/mol. The van der Waals surface area contributed by atoms with Crippen molar-refractivity contribution in [3.63, 3.8) is 0 Å². The molecule has 0 spiro atoms. The molecule has 0 aliphatic carbocycles. The third-order valence-electron chi connectivity index (χ3n) is 1.16. The van der Waals surface area contributed by atoms with E-state index in [-0.39, 0.29) is 5.25 Å². The first kappa shape index (κ1) is 8.78. The first-order valence-electron chi connectivity index (χ1n) is 2.82. The lowest BCUT2D eigenvalue weighted by Crippen LogP contribution is -2.43. The van der Waals surface area contributed by atoms with Gasteiger partial charge in [-0.1, -0.05) is 6.92 Å². The van der Waals surface area contributed by atoms with Crippen molar-refractivity contribution in [1.29, 1.82) is 0 Å². The lowest BCUT2D eigenvalue weighted by molar-refractivity contribution is -0.119. The molecule has 0 bridgehead atoms. The van der Waals surface area contributed by atoms with E-state index < -0.39 is 11.9 Å². The molecule has 0 aromatic heterocycles. The number of amides is 1. The van der Waals surface area contributed by atoms with Crippen LogP contribution in [-0.4, -0.2) is 17.2 Å².